The van der Waals surface area contributed by atoms with Gasteiger partial charge in [-0.25, -0.2) is 4.39 Å². The number of halogens is 1. The average molecular weight is 243 g/mol. The molecule has 0 heterocycles. The van der Waals surface area contributed by atoms with Gasteiger partial charge in [0.25, 0.3) is 0 Å². The van der Waals surface area contributed by atoms with Crippen molar-refractivity contribution in [1.29, 1.82) is 0 Å². The van der Waals surface area contributed by atoms with E-state index in [1.165, 1.54) is 20.3 Å². The van der Waals surface area contributed by atoms with Crippen molar-refractivity contribution in [1.82, 2.24) is 0 Å². The van der Waals surface area contributed by atoms with Crippen LogP contribution in [0.15, 0.2) is 12.1 Å². The van der Waals surface area contributed by atoms with Crippen LogP contribution in [-0.4, -0.2) is 25.3 Å². The fourth-order valence-corrected chi connectivity index (χ4v) is 1.45. The number of rotatable bonds is 5. The number of carbonyl (C=O) groups is 1. The van der Waals surface area contributed by atoms with Gasteiger partial charge in [-0.05, 0) is 6.07 Å². The molecule has 0 aliphatic rings. The summed E-state index contributed by atoms with van der Waals surface area (Å²) in [6.07, 6.45) is 0. The summed E-state index contributed by atoms with van der Waals surface area (Å²) in [5.74, 6) is -1.71. The number of benzene rings is 1. The van der Waals surface area contributed by atoms with E-state index in [0.717, 1.165) is 6.07 Å². The second-order valence-corrected chi connectivity index (χ2v) is 3.43. The van der Waals surface area contributed by atoms with Gasteiger partial charge in [-0.15, -0.1) is 0 Å². The van der Waals surface area contributed by atoms with Gasteiger partial charge in [-0.2, -0.15) is 0 Å². The quantitative estimate of drug-likeness (QED) is 0.808. The van der Waals surface area contributed by atoms with E-state index in [1.807, 2.05) is 0 Å². The molecule has 1 aromatic carbocycles. The first-order valence-corrected chi connectivity index (χ1v) is 4.84. The molecule has 1 atom stereocenters. The van der Waals surface area contributed by atoms with Gasteiger partial charge in [0.15, 0.2) is 0 Å². The number of nitrogens with two attached hydrogens (primary N) is 1. The summed E-state index contributed by atoms with van der Waals surface area (Å²) in [7, 11) is 2.87. The SMILES string of the molecule is COCc1cc(C(N)C(=O)O)c(F)cc1OC. The van der Waals surface area contributed by atoms with Crippen LogP contribution in [0.1, 0.15) is 17.2 Å². The van der Waals surface area contributed by atoms with Gasteiger partial charge in [0, 0.05) is 24.3 Å². The van der Waals surface area contributed by atoms with E-state index in [4.69, 9.17) is 20.3 Å². The highest BCUT2D eigenvalue weighted by molar-refractivity contribution is 5.75. The second kappa shape index (κ2) is 5.60. The standard InChI is InChI=1S/C11H14FNO4/c1-16-5-6-3-7(10(13)11(14)15)8(12)4-9(6)17-2/h3-4,10H,5,13H2,1-2H3,(H,14,15). The van der Waals surface area contributed by atoms with Crippen LogP contribution in [0.2, 0.25) is 0 Å². The van der Waals surface area contributed by atoms with Crippen LogP contribution in [0.4, 0.5) is 4.39 Å². The van der Waals surface area contributed by atoms with Crippen molar-refractivity contribution >= 4 is 5.97 Å². The van der Waals surface area contributed by atoms with Gasteiger partial charge >= 0.3 is 5.97 Å². The zero-order valence-corrected chi connectivity index (χ0v) is 9.57. The van der Waals surface area contributed by atoms with Crippen molar-refractivity contribution in [3.8, 4) is 5.75 Å². The number of methoxy groups -OCH3 is 2. The fourth-order valence-electron chi connectivity index (χ4n) is 1.45. The molecular formula is C11H14FNO4. The predicted molar refractivity (Wildman–Crippen MR) is 58.2 cm³/mol. The first-order chi connectivity index (χ1) is 8.01. The van der Waals surface area contributed by atoms with Crippen LogP contribution in [0.5, 0.6) is 5.75 Å². The van der Waals surface area contributed by atoms with Crippen LogP contribution in [0.25, 0.3) is 0 Å². The lowest BCUT2D eigenvalue weighted by Crippen LogP contribution is -2.22. The Balaban J connectivity index is 3.23. The smallest absolute Gasteiger partial charge is 0.325 e. The molecule has 0 radical (unpaired) electrons. The van der Waals surface area contributed by atoms with E-state index in [2.05, 4.69) is 0 Å². The average Bonchev–Trinajstić information content (AvgIpc) is 2.30. The summed E-state index contributed by atoms with van der Waals surface area (Å²) >= 11 is 0. The van der Waals surface area contributed by atoms with Gasteiger partial charge in [-0.1, -0.05) is 0 Å². The molecule has 0 spiro atoms. The molecule has 1 unspecified atom stereocenters. The zero-order chi connectivity index (χ0) is 13.0. The Morgan fingerprint density at radius 2 is 2.18 bits per heavy atom. The number of carboxylic acid groups (broad SMARTS) is 1. The number of carboxylic acids is 1. The van der Waals surface area contributed by atoms with Crippen LogP contribution in [-0.2, 0) is 16.1 Å². The van der Waals surface area contributed by atoms with E-state index < -0.39 is 17.8 Å². The first kappa shape index (κ1) is 13.4. The minimum Gasteiger partial charge on any atom is -0.496 e. The summed E-state index contributed by atoms with van der Waals surface area (Å²) in [5, 5.41) is 8.75. The van der Waals surface area contributed by atoms with Crippen LogP contribution < -0.4 is 10.5 Å². The largest absolute Gasteiger partial charge is 0.496 e. The maximum Gasteiger partial charge on any atom is 0.325 e. The molecule has 1 aromatic rings. The maximum absolute atomic E-state index is 13.6. The normalized spacial score (nSPS) is 12.2. The summed E-state index contributed by atoms with van der Waals surface area (Å²) in [4.78, 5) is 10.7. The molecule has 17 heavy (non-hydrogen) atoms. The maximum atomic E-state index is 13.6. The molecular weight excluding hydrogens is 229 g/mol. The molecule has 0 bridgehead atoms. The summed E-state index contributed by atoms with van der Waals surface area (Å²) in [6, 6.07) is 1.04. The molecule has 0 aromatic heterocycles. The minimum atomic E-state index is -1.41. The van der Waals surface area contributed by atoms with E-state index in [1.54, 1.807) is 0 Å². The van der Waals surface area contributed by atoms with E-state index >= 15 is 0 Å². The lowest BCUT2D eigenvalue weighted by Gasteiger charge is -2.13. The Morgan fingerprint density at radius 3 is 2.65 bits per heavy atom. The number of ether oxygens (including phenoxy) is 2. The lowest BCUT2D eigenvalue weighted by atomic mass is 10.0. The summed E-state index contributed by atoms with van der Waals surface area (Å²) in [6.45, 7) is 0.183. The van der Waals surface area contributed by atoms with Crippen LogP contribution in [0.3, 0.4) is 0 Å². The topological polar surface area (TPSA) is 81.8 Å². The molecule has 0 aliphatic carbocycles. The third-order valence-corrected chi connectivity index (χ3v) is 2.30. The molecule has 5 nitrogen and oxygen atoms in total. The fraction of sp³-hybridized carbons (Fsp3) is 0.364. The predicted octanol–water partition coefficient (Wildman–Crippen LogP) is 1.07. The number of aliphatic carboxylic acids is 1. The van der Waals surface area contributed by atoms with Crippen molar-refractivity contribution < 1.29 is 23.8 Å². The van der Waals surface area contributed by atoms with E-state index in [0.29, 0.717) is 11.3 Å². The molecule has 0 fully saturated rings. The first-order valence-electron chi connectivity index (χ1n) is 4.84. The van der Waals surface area contributed by atoms with E-state index in [-0.39, 0.29) is 12.2 Å². The zero-order valence-electron chi connectivity index (χ0n) is 9.57. The molecule has 0 amide bonds. The van der Waals surface area contributed by atoms with Crippen molar-refractivity contribution in [2.75, 3.05) is 14.2 Å². The Labute approximate surface area is 97.9 Å². The van der Waals surface area contributed by atoms with E-state index in [9.17, 15) is 9.18 Å². The second-order valence-electron chi connectivity index (χ2n) is 3.43. The van der Waals surface area contributed by atoms with Gasteiger partial charge in [0.1, 0.15) is 17.6 Å². The van der Waals surface area contributed by atoms with Crippen molar-refractivity contribution in [3.05, 3.63) is 29.1 Å². The Morgan fingerprint density at radius 1 is 1.53 bits per heavy atom. The Bertz CT molecular complexity index is 422. The van der Waals surface area contributed by atoms with Gasteiger partial charge in [-0.3, -0.25) is 4.79 Å². The monoisotopic (exact) mass is 243 g/mol. The van der Waals surface area contributed by atoms with Gasteiger partial charge in [0.2, 0.25) is 0 Å². The summed E-state index contributed by atoms with van der Waals surface area (Å²) in [5.41, 5.74) is 5.83. The Hall–Kier alpha value is -1.66. The van der Waals surface area contributed by atoms with Crippen molar-refractivity contribution in [3.63, 3.8) is 0 Å². The molecule has 6 heteroatoms. The molecule has 0 saturated heterocycles. The lowest BCUT2D eigenvalue weighted by molar-refractivity contribution is -0.138. The Kier molecular flexibility index (Phi) is 4.42. The highest BCUT2D eigenvalue weighted by Crippen LogP contribution is 2.26. The molecule has 94 valence electrons. The molecule has 3 N–H and O–H groups in total. The van der Waals surface area contributed by atoms with Crippen molar-refractivity contribution in [2.24, 2.45) is 5.73 Å². The highest BCUT2D eigenvalue weighted by Gasteiger charge is 2.21. The number of hydrogen-bond acceptors (Lipinski definition) is 4. The summed E-state index contributed by atoms with van der Waals surface area (Å²) < 4.78 is 23.5. The highest BCUT2D eigenvalue weighted by atomic mass is 19.1. The number of hydrogen-bond donors (Lipinski definition) is 2. The third-order valence-electron chi connectivity index (χ3n) is 2.30. The third kappa shape index (κ3) is 2.92. The van der Waals surface area contributed by atoms with Gasteiger partial charge < -0.3 is 20.3 Å². The van der Waals surface area contributed by atoms with Crippen molar-refractivity contribution in [2.45, 2.75) is 12.6 Å². The molecule has 0 aliphatic heterocycles. The molecule has 0 saturated carbocycles. The molecule has 1 rings (SSSR count). The minimum absolute atomic E-state index is 0.0923. The van der Waals surface area contributed by atoms with Crippen LogP contribution in [0, 0.1) is 5.82 Å². The van der Waals surface area contributed by atoms with Gasteiger partial charge in [0.05, 0.1) is 13.7 Å². The van der Waals surface area contributed by atoms with Crippen LogP contribution >= 0.6 is 0 Å².